The standard InChI is InChI=1S/C14H17N3O2/c1-3-14(18)19-10-9-17(4-2)8-6-5-7-13(11-15)12-16/h3,6-8H,1,4-5,9-10H2,2H3/b8-6+. The summed E-state index contributed by atoms with van der Waals surface area (Å²) in [6, 6.07) is 3.59. The average molecular weight is 259 g/mol. The number of likely N-dealkylation sites (N-methyl/N-ethyl adjacent to an activating group) is 1. The van der Waals surface area contributed by atoms with Crippen molar-refractivity contribution in [3.8, 4) is 12.1 Å². The molecular formula is C14H17N3O2. The predicted molar refractivity (Wildman–Crippen MR) is 71.5 cm³/mol. The number of nitrogens with zero attached hydrogens (tertiary/aromatic N) is 3. The molecule has 0 aromatic carbocycles. The summed E-state index contributed by atoms with van der Waals surface area (Å²) in [7, 11) is 0. The van der Waals surface area contributed by atoms with Gasteiger partial charge < -0.3 is 9.64 Å². The first-order chi connectivity index (χ1) is 9.17. The third-order valence-electron chi connectivity index (χ3n) is 2.21. The van der Waals surface area contributed by atoms with Crippen LogP contribution in [0.1, 0.15) is 13.3 Å². The van der Waals surface area contributed by atoms with E-state index < -0.39 is 5.97 Å². The van der Waals surface area contributed by atoms with Crippen molar-refractivity contribution in [2.45, 2.75) is 13.3 Å². The second kappa shape index (κ2) is 10.6. The SMILES string of the molecule is C=CC(=O)OCCN(/C=C/CC=C(C#N)C#N)CC. The number of hydrogen-bond acceptors (Lipinski definition) is 5. The Hall–Kier alpha value is -2.53. The Kier molecular flexibility index (Phi) is 9.20. The van der Waals surface area contributed by atoms with Crippen molar-refractivity contribution in [3.05, 3.63) is 36.6 Å². The van der Waals surface area contributed by atoms with Gasteiger partial charge in [-0.3, -0.25) is 0 Å². The zero-order valence-electron chi connectivity index (χ0n) is 11.0. The minimum absolute atomic E-state index is 0.104. The quantitative estimate of drug-likeness (QED) is 0.378. The van der Waals surface area contributed by atoms with Crippen LogP contribution in [0.3, 0.4) is 0 Å². The number of carbonyl (C=O) groups is 1. The van der Waals surface area contributed by atoms with Crippen LogP contribution >= 0.6 is 0 Å². The van der Waals surface area contributed by atoms with E-state index in [9.17, 15) is 4.79 Å². The van der Waals surface area contributed by atoms with E-state index in [1.807, 2.05) is 24.1 Å². The molecule has 100 valence electrons. The van der Waals surface area contributed by atoms with E-state index in [1.165, 1.54) is 0 Å². The molecule has 0 spiro atoms. The monoisotopic (exact) mass is 259 g/mol. The Labute approximate surface area is 113 Å². The van der Waals surface area contributed by atoms with Gasteiger partial charge >= 0.3 is 5.97 Å². The average Bonchev–Trinajstić information content (AvgIpc) is 2.45. The van der Waals surface area contributed by atoms with Gasteiger partial charge in [0.15, 0.2) is 0 Å². The zero-order valence-corrected chi connectivity index (χ0v) is 11.0. The van der Waals surface area contributed by atoms with Crippen molar-refractivity contribution in [3.63, 3.8) is 0 Å². The molecule has 0 aromatic heterocycles. The smallest absolute Gasteiger partial charge is 0.330 e. The first-order valence-electron chi connectivity index (χ1n) is 5.88. The molecule has 0 saturated carbocycles. The summed E-state index contributed by atoms with van der Waals surface area (Å²) < 4.78 is 4.87. The zero-order chi connectivity index (χ0) is 14.5. The van der Waals surface area contributed by atoms with E-state index in [0.717, 1.165) is 12.6 Å². The molecule has 0 aliphatic heterocycles. The lowest BCUT2D eigenvalue weighted by Crippen LogP contribution is -2.22. The second-order valence-electron chi connectivity index (χ2n) is 3.46. The fourth-order valence-corrected chi connectivity index (χ4v) is 1.17. The van der Waals surface area contributed by atoms with Crippen molar-refractivity contribution < 1.29 is 9.53 Å². The summed E-state index contributed by atoms with van der Waals surface area (Å²) >= 11 is 0. The van der Waals surface area contributed by atoms with Crippen LogP contribution in [0.4, 0.5) is 0 Å². The van der Waals surface area contributed by atoms with Crippen LogP contribution in [0, 0.1) is 22.7 Å². The topological polar surface area (TPSA) is 77.1 Å². The van der Waals surface area contributed by atoms with Gasteiger partial charge in [0.2, 0.25) is 0 Å². The normalized spacial score (nSPS) is 9.21. The molecule has 0 fully saturated rings. The molecule has 0 aromatic rings. The van der Waals surface area contributed by atoms with Crippen molar-refractivity contribution in [1.29, 1.82) is 10.5 Å². The van der Waals surface area contributed by atoms with E-state index in [-0.39, 0.29) is 5.57 Å². The Morgan fingerprint density at radius 2 is 2.11 bits per heavy atom. The first-order valence-corrected chi connectivity index (χ1v) is 5.88. The highest BCUT2D eigenvalue weighted by atomic mass is 16.5. The highest BCUT2D eigenvalue weighted by molar-refractivity contribution is 5.81. The first kappa shape index (κ1) is 16.5. The fraction of sp³-hybridized carbons (Fsp3) is 0.357. The van der Waals surface area contributed by atoms with Crippen LogP contribution in [0.2, 0.25) is 0 Å². The molecular weight excluding hydrogens is 242 g/mol. The van der Waals surface area contributed by atoms with Crippen LogP contribution in [0.25, 0.3) is 0 Å². The van der Waals surface area contributed by atoms with Crippen LogP contribution < -0.4 is 0 Å². The number of ether oxygens (including phenoxy) is 1. The van der Waals surface area contributed by atoms with Gasteiger partial charge in [-0.2, -0.15) is 10.5 Å². The molecule has 0 unspecified atom stereocenters. The molecule has 19 heavy (non-hydrogen) atoms. The lowest BCUT2D eigenvalue weighted by molar-refractivity contribution is -0.137. The Morgan fingerprint density at radius 3 is 2.63 bits per heavy atom. The molecule has 0 aliphatic carbocycles. The Balaban J connectivity index is 4.09. The number of carbonyl (C=O) groups excluding carboxylic acids is 1. The maximum atomic E-state index is 10.8. The summed E-state index contributed by atoms with van der Waals surface area (Å²) in [6.45, 7) is 6.94. The number of rotatable bonds is 8. The van der Waals surface area contributed by atoms with E-state index in [1.54, 1.807) is 18.2 Å². The number of allylic oxidation sites excluding steroid dienone is 3. The molecule has 0 saturated heterocycles. The highest BCUT2D eigenvalue weighted by Gasteiger charge is 1.98. The van der Waals surface area contributed by atoms with Gasteiger partial charge in [-0.1, -0.05) is 18.7 Å². The van der Waals surface area contributed by atoms with Crippen LogP contribution in [0.5, 0.6) is 0 Å². The summed E-state index contributed by atoms with van der Waals surface area (Å²) in [4.78, 5) is 12.8. The van der Waals surface area contributed by atoms with Gasteiger partial charge in [0.05, 0.1) is 6.54 Å². The van der Waals surface area contributed by atoms with Gasteiger partial charge in [0.25, 0.3) is 0 Å². The molecule has 0 rings (SSSR count). The van der Waals surface area contributed by atoms with Gasteiger partial charge in [0.1, 0.15) is 24.3 Å². The maximum Gasteiger partial charge on any atom is 0.330 e. The largest absolute Gasteiger partial charge is 0.461 e. The maximum absolute atomic E-state index is 10.8. The lowest BCUT2D eigenvalue weighted by atomic mass is 10.2. The highest BCUT2D eigenvalue weighted by Crippen LogP contribution is 1.97. The summed E-state index contributed by atoms with van der Waals surface area (Å²) in [6.07, 6.45) is 6.89. The third-order valence-corrected chi connectivity index (χ3v) is 2.21. The Bertz CT molecular complexity index is 423. The number of hydrogen-bond donors (Lipinski definition) is 0. The molecule has 0 atom stereocenters. The lowest BCUT2D eigenvalue weighted by Gasteiger charge is -2.17. The van der Waals surface area contributed by atoms with Gasteiger partial charge in [-0.05, 0) is 19.5 Å². The van der Waals surface area contributed by atoms with Crippen molar-refractivity contribution in [2.75, 3.05) is 19.7 Å². The number of esters is 1. The predicted octanol–water partition coefficient (Wildman–Crippen LogP) is 1.91. The molecule has 5 nitrogen and oxygen atoms in total. The third kappa shape index (κ3) is 8.23. The summed E-state index contributed by atoms with van der Waals surface area (Å²) in [5.41, 5.74) is 0.104. The summed E-state index contributed by atoms with van der Waals surface area (Å²) in [5.74, 6) is -0.435. The Morgan fingerprint density at radius 1 is 1.42 bits per heavy atom. The summed E-state index contributed by atoms with van der Waals surface area (Å²) in [5, 5.41) is 17.1. The van der Waals surface area contributed by atoms with E-state index in [4.69, 9.17) is 15.3 Å². The molecule has 0 heterocycles. The van der Waals surface area contributed by atoms with Crippen molar-refractivity contribution in [2.24, 2.45) is 0 Å². The minimum Gasteiger partial charge on any atom is -0.461 e. The van der Waals surface area contributed by atoms with Crippen LogP contribution in [-0.4, -0.2) is 30.6 Å². The molecule has 5 heteroatoms. The van der Waals surface area contributed by atoms with Crippen molar-refractivity contribution >= 4 is 5.97 Å². The van der Waals surface area contributed by atoms with E-state index >= 15 is 0 Å². The molecule has 0 bridgehead atoms. The van der Waals surface area contributed by atoms with Gasteiger partial charge in [0, 0.05) is 12.6 Å². The van der Waals surface area contributed by atoms with E-state index in [2.05, 4.69) is 6.58 Å². The van der Waals surface area contributed by atoms with Gasteiger partial charge in [-0.25, -0.2) is 4.79 Å². The molecule has 0 N–H and O–H groups in total. The van der Waals surface area contributed by atoms with Crippen LogP contribution in [0.15, 0.2) is 36.6 Å². The van der Waals surface area contributed by atoms with Gasteiger partial charge in [-0.15, -0.1) is 0 Å². The van der Waals surface area contributed by atoms with E-state index in [0.29, 0.717) is 19.6 Å². The fourth-order valence-electron chi connectivity index (χ4n) is 1.17. The van der Waals surface area contributed by atoms with Crippen molar-refractivity contribution in [1.82, 2.24) is 4.90 Å². The number of nitriles is 2. The molecule has 0 amide bonds. The minimum atomic E-state index is -0.435. The van der Waals surface area contributed by atoms with Crippen LogP contribution in [-0.2, 0) is 9.53 Å². The molecule has 0 radical (unpaired) electrons. The molecule has 0 aliphatic rings. The second-order valence-corrected chi connectivity index (χ2v) is 3.46.